The maximum atomic E-state index is 11.2. The van der Waals surface area contributed by atoms with E-state index in [1.807, 2.05) is 12.2 Å². The number of hydrogen-bond donors (Lipinski definition) is 2. The Morgan fingerprint density at radius 1 is 1.17 bits per heavy atom. The summed E-state index contributed by atoms with van der Waals surface area (Å²) in [6, 6.07) is 6.84. The zero-order valence-corrected chi connectivity index (χ0v) is 10.0. The topological polar surface area (TPSA) is 84.9 Å². The summed E-state index contributed by atoms with van der Waals surface area (Å²) in [5.41, 5.74) is 0. The molecule has 0 aromatic heterocycles. The molecule has 0 bridgehead atoms. The van der Waals surface area contributed by atoms with Crippen molar-refractivity contribution in [3.63, 3.8) is 0 Å². The maximum Gasteiger partial charge on any atom is 0.405 e. The van der Waals surface area contributed by atoms with E-state index < -0.39 is 6.09 Å². The summed E-state index contributed by atoms with van der Waals surface area (Å²) >= 11 is 0. The quantitative estimate of drug-likeness (QED) is 0.765. The van der Waals surface area contributed by atoms with Crippen molar-refractivity contribution in [1.82, 2.24) is 5.32 Å². The fourth-order valence-electron chi connectivity index (χ4n) is 1.19. The van der Waals surface area contributed by atoms with E-state index in [1.54, 1.807) is 24.3 Å². The first-order valence-electron chi connectivity index (χ1n) is 5.46. The van der Waals surface area contributed by atoms with Gasteiger partial charge in [-0.15, -0.1) is 0 Å². The molecule has 6 heteroatoms. The lowest BCUT2D eigenvalue weighted by molar-refractivity contribution is -0.120. The zero-order chi connectivity index (χ0) is 13.4. The van der Waals surface area contributed by atoms with Crippen LogP contribution in [0.3, 0.4) is 0 Å². The molecule has 1 amide bonds. The average molecular weight is 253 g/mol. The Balaban J connectivity index is 2.34. The largest absolute Gasteiger partial charge is 0.494 e. The third-order valence-electron chi connectivity index (χ3n) is 1.97. The van der Waals surface area contributed by atoms with Crippen LogP contribution in [0.15, 0.2) is 24.3 Å². The lowest BCUT2D eigenvalue weighted by Crippen LogP contribution is -2.30. The van der Waals surface area contributed by atoms with Gasteiger partial charge in [-0.3, -0.25) is 4.79 Å². The van der Waals surface area contributed by atoms with E-state index in [4.69, 9.17) is 14.6 Å². The van der Waals surface area contributed by atoms with Crippen molar-refractivity contribution >= 4 is 11.9 Å². The summed E-state index contributed by atoms with van der Waals surface area (Å²) in [6.45, 7) is 2.04. The number of benzene rings is 1. The fraction of sp³-hybridized carbons (Fsp3) is 0.333. The van der Waals surface area contributed by atoms with Crippen molar-refractivity contribution in [2.75, 3.05) is 19.8 Å². The molecule has 0 radical (unpaired) electrons. The molecule has 0 aliphatic carbocycles. The molecule has 98 valence electrons. The first-order valence-corrected chi connectivity index (χ1v) is 5.46. The van der Waals surface area contributed by atoms with Crippen LogP contribution in [0.25, 0.3) is 0 Å². The summed E-state index contributed by atoms with van der Waals surface area (Å²) in [5, 5.41) is 10.3. The molecular formula is C12H15NO5. The number of Topliss-reactive ketones (excluding diaryl/α,β-unsaturated/α-hetero) is 1. The molecular weight excluding hydrogens is 238 g/mol. The molecule has 0 saturated heterocycles. The fourth-order valence-corrected chi connectivity index (χ4v) is 1.19. The van der Waals surface area contributed by atoms with Crippen LogP contribution < -0.4 is 14.8 Å². The number of hydrogen-bond acceptors (Lipinski definition) is 4. The molecule has 0 aliphatic heterocycles. The summed E-state index contributed by atoms with van der Waals surface area (Å²) in [5.74, 6) is 0.914. The lowest BCUT2D eigenvalue weighted by atomic mass is 10.3. The predicted molar refractivity (Wildman–Crippen MR) is 64.1 cm³/mol. The molecule has 1 aromatic carbocycles. The van der Waals surface area contributed by atoms with Gasteiger partial charge in [0.05, 0.1) is 13.2 Å². The van der Waals surface area contributed by atoms with Crippen LogP contribution >= 0.6 is 0 Å². The molecule has 1 rings (SSSR count). The van der Waals surface area contributed by atoms with Crippen molar-refractivity contribution in [1.29, 1.82) is 0 Å². The zero-order valence-electron chi connectivity index (χ0n) is 10.0. The van der Waals surface area contributed by atoms with Gasteiger partial charge in [-0.1, -0.05) is 0 Å². The predicted octanol–water partition coefficient (Wildman–Crippen LogP) is 1.30. The van der Waals surface area contributed by atoms with Gasteiger partial charge in [-0.05, 0) is 31.2 Å². The Labute approximate surface area is 105 Å². The first kappa shape index (κ1) is 13.8. The summed E-state index contributed by atoms with van der Waals surface area (Å²) in [7, 11) is 0. The molecule has 0 aliphatic rings. The Kier molecular flexibility index (Phi) is 5.50. The van der Waals surface area contributed by atoms with Crippen LogP contribution in [0.2, 0.25) is 0 Å². The van der Waals surface area contributed by atoms with Gasteiger partial charge >= 0.3 is 6.09 Å². The van der Waals surface area contributed by atoms with Crippen molar-refractivity contribution in [3.8, 4) is 11.5 Å². The standard InChI is InChI=1S/C12H15NO5/c1-2-17-10-3-5-11(6-4-10)18-8-9(14)7-13-12(15)16/h3-6,13H,2,7-8H2,1H3,(H,15,16). The smallest absolute Gasteiger partial charge is 0.405 e. The summed E-state index contributed by atoms with van der Waals surface area (Å²) < 4.78 is 10.4. The van der Waals surface area contributed by atoms with Crippen molar-refractivity contribution in [2.24, 2.45) is 0 Å². The number of carboxylic acid groups (broad SMARTS) is 1. The third-order valence-corrected chi connectivity index (χ3v) is 1.97. The van der Waals surface area contributed by atoms with Gasteiger partial charge < -0.3 is 19.9 Å². The van der Waals surface area contributed by atoms with Crippen LogP contribution in [0.5, 0.6) is 11.5 Å². The Hall–Kier alpha value is -2.24. The highest BCUT2D eigenvalue weighted by atomic mass is 16.5. The van der Waals surface area contributed by atoms with Gasteiger partial charge in [0, 0.05) is 0 Å². The van der Waals surface area contributed by atoms with Crippen molar-refractivity contribution in [2.45, 2.75) is 6.92 Å². The van der Waals surface area contributed by atoms with Crippen LogP contribution in [-0.2, 0) is 4.79 Å². The highest BCUT2D eigenvalue weighted by Crippen LogP contribution is 2.17. The van der Waals surface area contributed by atoms with E-state index in [2.05, 4.69) is 0 Å². The molecule has 0 saturated carbocycles. The summed E-state index contributed by atoms with van der Waals surface area (Å²) in [6.07, 6.45) is -1.23. The highest BCUT2D eigenvalue weighted by molar-refractivity contribution is 5.84. The Bertz CT molecular complexity index is 401. The number of rotatable bonds is 7. The van der Waals surface area contributed by atoms with E-state index in [-0.39, 0.29) is 18.9 Å². The molecule has 1 aromatic rings. The number of carbonyl (C=O) groups is 2. The number of amides is 1. The van der Waals surface area contributed by atoms with Gasteiger partial charge in [0.15, 0.2) is 5.78 Å². The Morgan fingerprint density at radius 3 is 2.22 bits per heavy atom. The molecule has 0 spiro atoms. The molecule has 0 unspecified atom stereocenters. The first-order chi connectivity index (χ1) is 8.61. The highest BCUT2D eigenvalue weighted by Gasteiger charge is 2.05. The second kappa shape index (κ2) is 7.16. The van der Waals surface area contributed by atoms with Crippen LogP contribution in [0.1, 0.15) is 6.92 Å². The normalized spacial score (nSPS) is 9.61. The van der Waals surface area contributed by atoms with Crippen LogP contribution in [0.4, 0.5) is 4.79 Å². The van der Waals surface area contributed by atoms with E-state index in [0.29, 0.717) is 12.4 Å². The molecule has 2 N–H and O–H groups in total. The van der Waals surface area contributed by atoms with E-state index in [0.717, 1.165) is 5.75 Å². The van der Waals surface area contributed by atoms with Gasteiger partial charge in [-0.25, -0.2) is 4.79 Å². The van der Waals surface area contributed by atoms with Crippen LogP contribution in [-0.4, -0.2) is 36.7 Å². The van der Waals surface area contributed by atoms with Crippen molar-refractivity contribution in [3.05, 3.63) is 24.3 Å². The number of carbonyl (C=O) groups excluding carboxylic acids is 1. The molecule has 0 heterocycles. The van der Waals surface area contributed by atoms with Crippen molar-refractivity contribution < 1.29 is 24.2 Å². The molecule has 0 atom stereocenters. The third kappa shape index (κ3) is 5.20. The maximum absolute atomic E-state index is 11.2. The SMILES string of the molecule is CCOc1ccc(OCC(=O)CNC(=O)O)cc1. The second-order valence-electron chi connectivity index (χ2n) is 3.39. The molecule has 18 heavy (non-hydrogen) atoms. The molecule has 0 fully saturated rings. The molecule has 6 nitrogen and oxygen atoms in total. The lowest BCUT2D eigenvalue weighted by Gasteiger charge is -2.07. The number of ether oxygens (including phenoxy) is 2. The van der Waals surface area contributed by atoms with E-state index in [1.165, 1.54) is 0 Å². The minimum absolute atomic E-state index is 0.172. The van der Waals surface area contributed by atoms with Gasteiger partial charge in [0.2, 0.25) is 0 Å². The minimum Gasteiger partial charge on any atom is -0.494 e. The van der Waals surface area contributed by atoms with Gasteiger partial charge in [-0.2, -0.15) is 0 Å². The average Bonchev–Trinajstić information content (AvgIpc) is 2.36. The minimum atomic E-state index is -1.23. The number of nitrogens with one attached hydrogen (secondary N) is 1. The van der Waals surface area contributed by atoms with E-state index >= 15 is 0 Å². The summed E-state index contributed by atoms with van der Waals surface area (Å²) in [4.78, 5) is 21.4. The van der Waals surface area contributed by atoms with Gasteiger partial charge in [0.1, 0.15) is 18.1 Å². The number of ketones is 1. The van der Waals surface area contributed by atoms with E-state index in [9.17, 15) is 9.59 Å². The van der Waals surface area contributed by atoms with Gasteiger partial charge in [0.25, 0.3) is 0 Å². The van der Waals surface area contributed by atoms with Crippen LogP contribution in [0, 0.1) is 0 Å². The monoisotopic (exact) mass is 253 g/mol. The second-order valence-corrected chi connectivity index (χ2v) is 3.39. The Morgan fingerprint density at radius 2 is 1.72 bits per heavy atom.